The number of hydrogen-bond acceptors (Lipinski definition) is 4. The third-order valence-electron chi connectivity index (χ3n) is 2.87. The molecule has 1 unspecified atom stereocenters. The first-order chi connectivity index (χ1) is 9.10. The Labute approximate surface area is 115 Å². The lowest BCUT2D eigenvalue weighted by molar-refractivity contribution is 0.363. The van der Waals surface area contributed by atoms with Gasteiger partial charge in [-0.15, -0.1) is 0 Å². The van der Waals surface area contributed by atoms with Crippen molar-refractivity contribution >= 4 is 11.6 Å². The minimum Gasteiger partial charge on any atom is -0.339 e. The predicted octanol–water partition coefficient (Wildman–Crippen LogP) is 2.73. The molecule has 0 bridgehead atoms. The molecule has 0 saturated heterocycles. The molecule has 0 saturated carbocycles. The van der Waals surface area contributed by atoms with Gasteiger partial charge in [0.05, 0.1) is 0 Å². The van der Waals surface area contributed by atoms with Crippen LogP contribution in [0, 0.1) is 5.82 Å². The normalized spacial score (nSPS) is 12.6. The van der Waals surface area contributed by atoms with Gasteiger partial charge < -0.3 is 10.3 Å². The van der Waals surface area contributed by atoms with Crippen LogP contribution in [0.3, 0.4) is 0 Å². The Morgan fingerprint density at radius 3 is 2.95 bits per heavy atom. The van der Waals surface area contributed by atoms with E-state index in [-0.39, 0.29) is 18.3 Å². The molecule has 0 spiro atoms. The highest BCUT2D eigenvalue weighted by atomic mass is 35.5. The molecular weight excluding hydrogens is 269 g/mol. The summed E-state index contributed by atoms with van der Waals surface area (Å²) in [4.78, 5) is 4.19. The number of aromatic nitrogens is 2. The van der Waals surface area contributed by atoms with E-state index >= 15 is 0 Å². The van der Waals surface area contributed by atoms with Gasteiger partial charge >= 0.3 is 0 Å². The Bertz CT molecular complexity index is 538. The van der Waals surface area contributed by atoms with Crippen LogP contribution in [0.5, 0.6) is 0 Å². The van der Waals surface area contributed by atoms with Gasteiger partial charge in [-0.3, -0.25) is 0 Å². The summed E-state index contributed by atoms with van der Waals surface area (Å²) in [5.74, 6) is 0.506. The van der Waals surface area contributed by atoms with Crippen LogP contribution in [0.4, 0.5) is 4.39 Å². The molecule has 0 aliphatic carbocycles. The maximum atomic E-state index is 13.6. The minimum absolute atomic E-state index is 0.00894. The second-order valence-corrected chi connectivity index (χ2v) is 4.76. The fraction of sp³-hybridized carbons (Fsp3) is 0.385. The van der Waals surface area contributed by atoms with E-state index in [0.29, 0.717) is 28.7 Å². The molecule has 2 aromatic rings. The van der Waals surface area contributed by atoms with Gasteiger partial charge in [0, 0.05) is 29.5 Å². The van der Waals surface area contributed by atoms with E-state index in [4.69, 9.17) is 21.9 Å². The smallest absolute Gasteiger partial charge is 0.228 e. The fourth-order valence-corrected chi connectivity index (χ4v) is 1.90. The van der Waals surface area contributed by atoms with Crippen molar-refractivity contribution in [2.45, 2.75) is 32.2 Å². The van der Waals surface area contributed by atoms with E-state index in [1.54, 1.807) is 12.1 Å². The third-order valence-corrected chi connectivity index (χ3v) is 3.22. The van der Waals surface area contributed by atoms with E-state index in [9.17, 15) is 4.39 Å². The van der Waals surface area contributed by atoms with E-state index < -0.39 is 0 Å². The number of nitrogens with zero attached hydrogens (tertiary/aromatic N) is 2. The molecule has 0 aliphatic heterocycles. The summed E-state index contributed by atoms with van der Waals surface area (Å²) in [6, 6.07) is 4.54. The molecule has 0 radical (unpaired) electrons. The molecule has 4 nitrogen and oxygen atoms in total. The fourth-order valence-electron chi connectivity index (χ4n) is 1.67. The first-order valence-corrected chi connectivity index (χ1v) is 6.48. The topological polar surface area (TPSA) is 64.9 Å². The number of hydrogen-bond donors (Lipinski definition) is 1. The number of halogens is 2. The molecule has 0 aliphatic rings. The van der Waals surface area contributed by atoms with E-state index in [0.717, 1.165) is 6.42 Å². The maximum absolute atomic E-state index is 13.6. The van der Waals surface area contributed by atoms with Crippen molar-refractivity contribution in [2.24, 2.45) is 5.73 Å². The van der Waals surface area contributed by atoms with Gasteiger partial charge in [0.1, 0.15) is 5.82 Å². The zero-order valence-corrected chi connectivity index (χ0v) is 11.3. The van der Waals surface area contributed by atoms with E-state index in [1.807, 2.05) is 6.92 Å². The highest BCUT2D eigenvalue weighted by Crippen LogP contribution is 2.21. The summed E-state index contributed by atoms with van der Waals surface area (Å²) in [5.41, 5.74) is 6.18. The number of rotatable bonds is 5. The van der Waals surface area contributed by atoms with Crippen LogP contribution in [-0.4, -0.2) is 16.2 Å². The summed E-state index contributed by atoms with van der Waals surface area (Å²) in [6.07, 6.45) is 1.56. The van der Waals surface area contributed by atoms with Crippen molar-refractivity contribution in [3.8, 4) is 0 Å². The molecule has 1 atom stereocenters. The molecule has 102 valence electrons. The van der Waals surface area contributed by atoms with E-state index in [1.165, 1.54) is 6.07 Å². The van der Waals surface area contributed by atoms with Gasteiger partial charge in [-0.05, 0) is 18.6 Å². The second kappa shape index (κ2) is 6.12. The zero-order valence-electron chi connectivity index (χ0n) is 10.6. The largest absolute Gasteiger partial charge is 0.339 e. The van der Waals surface area contributed by atoms with Crippen LogP contribution in [0.25, 0.3) is 0 Å². The van der Waals surface area contributed by atoms with Crippen molar-refractivity contribution in [3.63, 3.8) is 0 Å². The Morgan fingerprint density at radius 2 is 2.26 bits per heavy atom. The third kappa shape index (κ3) is 3.52. The number of nitrogens with two attached hydrogens (primary N) is 1. The van der Waals surface area contributed by atoms with Crippen LogP contribution in [0.1, 0.15) is 30.6 Å². The van der Waals surface area contributed by atoms with Crippen molar-refractivity contribution in [1.29, 1.82) is 0 Å². The zero-order chi connectivity index (χ0) is 13.8. The molecule has 1 aromatic carbocycles. The molecule has 1 heterocycles. The van der Waals surface area contributed by atoms with Crippen LogP contribution in [-0.2, 0) is 12.8 Å². The number of benzene rings is 1. The summed E-state index contributed by atoms with van der Waals surface area (Å²) in [6.45, 7) is 1.99. The maximum Gasteiger partial charge on any atom is 0.228 e. The average molecular weight is 284 g/mol. The first-order valence-electron chi connectivity index (χ1n) is 6.10. The Morgan fingerprint density at radius 1 is 1.47 bits per heavy atom. The molecule has 19 heavy (non-hydrogen) atoms. The summed E-state index contributed by atoms with van der Waals surface area (Å²) < 4.78 is 18.7. The lowest BCUT2D eigenvalue weighted by atomic mass is 10.1. The first kappa shape index (κ1) is 14.0. The Kier molecular flexibility index (Phi) is 4.50. The van der Waals surface area contributed by atoms with Gasteiger partial charge in [-0.2, -0.15) is 4.98 Å². The molecule has 2 N–H and O–H groups in total. The lowest BCUT2D eigenvalue weighted by Crippen LogP contribution is -2.21. The summed E-state index contributed by atoms with van der Waals surface area (Å²) >= 11 is 5.95. The lowest BCUT2D eigenvalue weighted by Gasteiger charge is -2.03. The minimum atomic E-state index is -0.371. The van der Waals surface area contributed by atoms with Crippen molar-refractivity contribution in [2.75, 3.05) is 0 Å². The monoisotopic (exact) mass is 283 g/mol. The van der Waals surface area contributed by atoms with Crippen LogP contribution < -0.4 is 5.73 Å². The van der Waals surface area contributed by atoms with Crippen LogP contribution >= 0.6 is 11.6 Å². The highest BCUT2D eigenvalue weighted by molar-refractivity contribution is 6.31. The summed E-state index contributed by atoms with van der Waals surface area (Å²) in [7, 11) is 0. The Hall–Kier alpha value is -1.46. The van der Waals surface area contributed by atoms with Gasteiger partial charge in [0.2, 0.25) is 5.89 Å². The molecule has 0 fully saturated rings. The molecule has 6 heteroatoms. The van der Waals surface area contributed by atoms with Gasteiger partial charge in [-0.25, -0.2) is 4.39 Å². The van der Waals surface area contributed by atoms with Crippen LogP contribution in [0.15, 0.2) is 22.7 Å². The Balaban J connectivity index is 2.12. The molecule has 2 rings (SSSR count). The quantitative estimate of drug-likeness (QED) is 0.916. The summed E-state index contributed by atoms with van der Waals surface area (Å²) in [5, 5.41) is 4.17. The predicted molar refractivity (Wildman–Crippen MR) is 70.5 cm³/mol. The average Bonchev–Trinajstić information content (AvgIpc) is 2.81. The SMILES string of the molecule is CCC(N)Cc1nc(Cc2c(F)cccc2Cl)no1. The van der Waals surface area contributed by atoms with Crippen molar-refractivity contribution < 1.29 is 8.91 Å². The van der Waals surface area contributed by atoms with Crippen molar-refractivity contribution in [3.05, 3.63) is 46.3 Å². The van der Waals surface area contributed by atoms with Gasteiger partial charge in [-0.1, -0.05) is 29.7 Å². The molecule has 1 aromatic heterocycles. The molecular formula is C13H15ClFN3O. The molecule has 0 amide bonds. The van der Waals surface area contributed by atoms with Crippen LogP contribution in [0.2, 0.25) is 5.02 Å². The highest BCUT2D eigenvalue weighted by Gasteiger charge is 2.14. The van der Waals surface area contributed by atoms with E-state index in [2.05, 4.69) is 10.1 Å². The second-order valence-electron chi connectivity index (χ2n) is 4.35. The van der Waals surface area contributed by atoms with Gasteiger partial charge in [0.25, 0.3) is 0 Å². The van der Waals surface area contributed by atoms with Gasteiger partial charge in [0.15, 0.2) is 5.82 Å². The standard InChI is InChI=1S/C13H15ClFN3O/c1-2-8(16)6-13-17-12(18-19-13)7-9-10(14)4-3-5-11(9)15/h3-5,8H,2,6-7,16H2,1H3. The van der Waals surface area contributed by atoms with Crippen molar-refractivity contribution in [1.82, 2.24) is 10.1 Å².